The van der Waals surface area contributed by atoms with Crippen molar-refractivity contribution < 1.29 is 4.74 Å². The standard InChI is InChI=1S/C14H16O.2C2H6/c1-4-10(2)14-11(3)15-9-12-7-5-6-8-13(12)14;2*1-2/h4-8H,9H2,1-3H3;2*1-2H3/b10-4-;;. The van der Waals surface area contributed by atoms with E-state index in [0.717, 1.165) is 5.76 Å². The number of ether oxygens (including phenoxy) is 1. The molecule has 0 saturated carbocycles. The Labute approximate surface area is 119 Å². The van der Waals surface area contributed by atoms with Crippen molar-refractivity contribution in [3.8, 4) is 0 Å². The van der Waals surface area contributed by atoms with Gasteiger partial charge in [0.25, 0.3) is 0 Å². The lowest BCUT2D eigenvalue weighted by Crippen LogP contribution is -2.06. The third-order valence-electron chi connectivity index (χ3n) is 2.91. The Balaban J connectivity index is 0.000000741. The third kappa shape index (κ3) is 4.27. The summed E-state index contributed by atoms with van der Waals surface area (Å²) in [6.07, 6.45) is 2.13. The van der Waals surface area contributed by atoms with Crippen LogP contribution in [-0.2, 0) is 11.3 Å². The highest BCUT2D eigenvalue weighted by Crippen LogP contribution is 2.33. The van der Waals surface area contributed by atoms with Crippen LogP contribution in [-0.4, -0.2) is 0 Å². The minimum Gasteiger partial charge on any atom is -0.493 e. The molecule has 0 aromatic heterocycles. The van der Waals surface area contributed by atoms with E-state index in [4.69, 9.17) is 4.74 Å². The Morgan fingerprint density at radius 3 is 2.26 bits per heavy atom. The van der Waals surface area contributed by atoms with Gasteiger partial charge in [0.05, 0.1) is 0 Å². The van der Waals surface area contributed by atoms with Gasteiger partial charge < -0.3 is 4.74 Å². The van der Waals surface area contributed by atoms with E-state index in [9.17, 15) is 0 Å². The second kappa shape index (κ2) is 9.43. The van der Waals surface area contributed by atoms with E-state index in [-0.39, 0.29) is 0 Å². The average Bonchev–Trinajstić information content (AvgIpc) is 2.50. The number of rotatable bonds is 1. The molecule has 1 nitrogen and oxygen atoms in total. The fraction of sp³-hybridized carbons (Fsp3) is 0.444. The first kappa shape index (κ1) is 17.5. The van der Waals surface area contributed by atoms with Crippen LogP contribution in [0.15, 0.2) is 41.7 Å². The monoisotopic (exact) mass is 260 g/mol. The summed E-state index contributed by atoms with van der Waals surface area (Å²) in [4.78, 5) is 0. The molecule has 1 aliphatic rings. The molecule has 0 aliphatic carbocycles. The minimum atomic E-state index is 0.697. The van der Waals surface area contributed by atoms with E-state index in [1.165, 1.54) is 22.3 Å². The van der Waals surface area contributed by atoms with Gasteiger partial charge in [0.1, 0.15) is 12.4 Å². The largest absolute Gasteiger partial charge is 0.493 e. The molecule has 19 heavy (non-hydrogen) atoms. The van der Waals surface area contributed by atoms with Crippen molar-refractivity contribution in [3.05, 3.63) is 52.8 Å². The zero-order valence-corrected chi connectivity index (χ0v) is 13.5. The molecule has 1 heteroatoms. The Hall–Kier alpha value is -1.50. The van der Waals surface area contributed by atoms with E-state index in [0.29, 0.717) is 6.61 Å². The van der Waals surface area contributed by atoms with Crippen molar-refractivity contribution in [2.75, 3.05) is 0 Å². The van der Waals surface area contributed by atoms with Gasteiger partial charge in [-0.1, -0.05) is 58.0 Å². The maximum Gasteiger partial charge on any atom is 0.113 e. The van der Waals surface area contributed by atoms with Gasteiger partial charge in [0.2, 0.25) is 0 Å². The van der Waals surface area contributed by atoms with Gasteiger partial charge in [-0.15, -0.1) is 0 Å². The van der Waals surface area contributed by atoms with Gasteiger partial charge in [0, 0.05) is 5.57 Å². The van der Waals surface area contributed by atoms with Crippen LogP contribution in [0.25, 0.3) is 5.57 Å². The van der Waals surface area contributed by atoms with Crippen LogP contribution < -0.4 is 0 Å². The first-order valence-corrected chi connectivity index (χ1v) is 7.29. The van der Waals surface area contributed by atoms with Crippen molar-refractivity contribution in [1.82, 2.24) is 0 Å². The molecule has 0 N–H and O–H groups in total. The molecule has 1 heterocycles. The molecule has 0 atom stereocenters. The minimum absolute atomic E-state index is 0.697. The summed E-state index contributed by atoms with van der Waals surface area (Å²) in [5.74, 6) is 1.03. The molecule has 1 aromatic carbocycles. The molecule has 1 aliphatic heterocycles. The quantitative estimate of drug-likeness (QED) is 0.604. The molecular formula is C18H28O. The van der Waals surface area contributed by atoms with Crippen molar-refractivity contribution >= 4 is 5.57 Å². The maximum absolute atomic E-state index is 5.68. The molecule has 0 fully saturated rings. The number of hydrogen-bond acceptors (Lipinski definition) is 1. The number of hydrogen-bond donors (Lipinski definition) is 0. The fourth-order valence-electron chi connectivity index (χ4n) is 1.97. The zero-order chi connectivity index (χ0) is 14.8. The number of allylic oxidation sites excluding steroid dienone is 4. The Morgan fingerprint density at radius 2 is 1.68 bits per heavy atom. The molecule has 1 aromatic rings. The summed E-state index contributed by atoms with van der Waals surface area (Å²) >= 11 is 0. The maximum atomic E-state index is 5.68. The molecule has 2 rings (SSSR count). The molecule has 0 bridgehead atoms. The van der Waals surface area contributed by atoms with Crippen LogP contribution in [0.5, 0.6) is 0 Å². The van der Waals surface area contributed by atoms with Gasteiger partial charge in [0.15, 0.2) is 0 Å². The summed E-state index contributed by atoms with van der Waals surface area (Å²) in [6.45, 7) is 14.9. The number of fused-ring (bicyclic) bond motifs is 1. The van der Waals surface area contributed by atoms with Crippen molar-refractivity contribution in [2.24, 2.45) is 0 Å². The third-order valence-corrected chi connectivity index (χ3v) is 2.91. The summed E-state index contributed by atoms with van der Waals surface area (Å²) in [5.41, 5.74) is 5.12. The van der Waals surface area contributed by atoms with Crippen molar-refractivity contribution in [3.63, 3.8) is 0 Å². The van der Waals surface area contributed by atoms with Crippen LogP contribution in [0.1, 0.15) is 59.6 Å². The Kier molecular flexibility index (Phi) is 8.69. The van der Waals surface area contributed by atoms with E-state index in [2.05, 4.69) is 44.2 Å². The van der Waals surface area contributed by atoms with Crippen molar-refractivity contribution in [1.29, 1.82) is 0 Å². The predicted molar refractivity (Wildman–Crippen MR) is 86.0 cm³/mol. The lowest BCUT2D eigenvalue weighted by atomic mass is 9.92. The summed E-state index contributed by atoms with van der Waals surface area (Å²) < 4.78 is 5.68. The lowest BCUT2D eigenvalue weighted by Gasteiger charge is -2.22. The Bertz CT molecular complexity index is 439. The van der Waals surface area contributed by atoms with Crippen molar-refractivity contribution in [2.45, 2.75) is 55.1 Å². The van der Waals surface area contributed by atoms with Crippen LogP contribution >= 0.6 is 0 Å². The molecule has 0 unspecified atom stereocenters. The van der Waals surface area contributed by atoms with E-state index in [1.807, 2.05) is 34.6 Å². The second-order valence-electron chi connectivity index (χ2n) is 3.85. The van der Waals surface area contributed by atoms with E-state index < -0.39 is 0 Å². The first-order chi connectivity index (χ1) is 9.24. The van der Waals surface area contributed by atoms with Gasteiger partial charge in [-0.25, -0.2) is 0 Å². The van der Waals surface area contributed by atoms with Gasteiger partial charge in [-0.05, 0) is 37.5 Å². The van der Waals surface area contributed by atoms with Gasteiger partial charge >= 0.3 is 0 Å². The summed E-state index contributed by atoms with van der Waals surface area (Å²) in [6, 6.07) is 8.44. The van der Waals surface area contributed by atoms with Crippen LogP contribution in [0.4, 0.5) is 0 Å². The van der Waals surface area contributed by atoms with Crippen LogP contribution in [0.2, 0.25) is 0 Å². The SMILES string of the molecule is C/C=C(/C)C1=C(C)OCc2ccccc21.CC.CC. The highest BCUT2D eigenvalue weighted by Gasteiger charge is 2.17. The predicted octanol–water partition coefficient (Wildman–Crippen LogP) is 5.97. The normalized spacial score (nSPS) is 13.3. The Morgan fingerprint density at radius 1 is 1.11 bits per heavy atom. The van der Waals surface area contributed by atoms with Gasteiger partial charge in [-0.3, -0.25) is 0 Å². The molecular weight excluding hydrogens is 232 g/mol. The highest BCUT2D eigenvalue weighted by atomic mass is 16.5. The summed E-state index contributed by atoms with van der Waals surface area (Å²) in [7, 11) is 0. The zero-order valence-electron chi connectivity index (χ0n) is 13.5. The highest BCUT2D eigenvalue weighted by molar-refractivity contribution is 5.82. The molecule has 0 amide bonds. The molecule has 106 valence electrons. The van der Waals surface area contributed by atoms with E-state index >= 15 is 0 Å². The van der Waals surface area contributed by atoms with Crippen LogP contribution in [0.3, 0.4) is 0 Å². The molecule has 0 saturated heterocycles. The smallest absolute Gasteiger partial charge is 0.113 e. The molecule has 0 spiro atoms. The lowest BCUT2D eigenvalue weighted by molar-refractivity contribution is 0.197. The van der Waals surface area contributed by atoms with Crippen LogP contribution in [0, 0.1) is 0 Å². The average molecular weight is 260 g/mol. The van der Waals surface area contributed by atoms with Gasteiger partial charge in [-0.2, -0.15) is 0 Å². The summed E-state index contributed by atoms with van der Waals surface area (Å²) in [5, 5.41) is 0. The van der Waals surface area contributed by atoms with E-state index in [1.54, 1.807) is 0 Å². The first-order valence-electron chi connectivity index (χ1n) is 7.29. The topological polar surface area (TPSA) is 9.23 Å². The molecule has 0 radical (unpaired) electrons. The second-order valence-corrected chi connectivity index (χ2v) is 3.85. The number of benzene rings is 1. The fourth-order valence-corrected chi connectivity index (χ4v) is 1.97.